The number of nitrogens with one attached hydrogen (secondary N) is 1. The van der Waals surface area contributed by atoms with Crippen LogP contribution in [0.15, 0.2) is 52.2 Å². The summed E-state index contributed by atoms with van der Waals surface area (Å²) in [4.78, 5) is 52.4. The van der Waals surface area contributed by atoms with Gasteiger partial charge in [-0.2, -0.15) is 0 Å². The predicted octanol–water partition coefficient (Wildman–Crippen LogP) is 3.49. The molecule has 0 saturated carbocycles. The molecule has 3 rings (SSSR count). The Hall–Kier alpha value is -3.66. The number of imide groups is 1. The molecule has 7 nitrogen and oxygen atoms in total. The normalized spacial score (nSPS) is 12.8. The highest BCUT2D eigenvalue weighted by Crippen LogP contribution is 2.22. The molecule has 1 aromatic carbocycles. The quantitative estimate of drug-likeness (QED) is 0.261. The van der Waals surface area contributed by atoms with Crippen LogP contribution < -0.4 is 11.2 Å². The molecule has 0 spiro atoms. The van der Waals surface area contributed by atoms with Crippen LogP contribution in [0.4, 0.5) is 0 Å². The average molecular weight is 448 g/mol. The fourth-order valence-electron chi connectivity index (χ4n) is 3.66. The van der Waals surface area contributed by atoms with Gasteiger partial charge in [0.25, 0.3) is 17.4 Å². The lowest BCUT2D eigenvalue weighted by molar-refractivity contribution is 0.0672. The van der Waals surface area contributed by atoms with E-state index in [0.29, 0.717) is 17.5 Å². The molecule has 0 fully saturated rings. The highest BCUT2D eigenvalue weighted by atomic mass is 16.2. The number of hydrogen-bond donors (Lipinski definition) is 1. The number of fused-ring (bicyclic) bond motifs is 1. The first-order valence-corrected chi connectivity index (χ1v) is 11.5. The Kier molecular flexibility index (Phi) is 8.59. The van der Waals surface area contributed by atoms with Crippen LogP contribution in [0.1, 0.15) is 78.1 Å². The molecular weight excluding hydrogens is 418 g/mol. The smallest absolute Gasteiger partial charge is 0.296 e. The van der Waals surface area contributed by atoms with Crippen molar-refractivity contribution in [3.8, 4) is 11.8 Å². The number of H-pyrrole nitrogens is 1. The largest absolute Gasteiger partial charge is 0.328 e. The highest BCUT2D eigenvalue weighted by Gasteiger charge is 2.33. The van der Waals surface area contributed by atoms with Crippen molar-refractivity contribution in [2.75, 3.05) is 6.54 Å². The van der Waals surface area contributed by atoms with Gasteiger partial charge < -0.3 is 0 Å². The van der Waals surface area contributed by atoms with E-state index in [1.807, 2.05) is 0 Å². The van der Waals surface area contributed by atoms with Gasteiger partial charge in [0.05, 0.1) is 11.1 Å². The molecule has 2 aromatic rings. The molecule has 7 heteroatoms. The third kappa shape index (κ3) is 6.19. The van der Waals surface area contributed by atoms with Gasteiger partial charge in [-0.1, -0.05) is 75.2 Å². The SMILES string of the molecule is CCCCCCCCC#Cc1cn(C/C=C/CN2C(=O)c3ccccc3C2=O)c(=O)[nH]c1=O. The Morgan fingerprint density at radius 3 is 2.21 bits per heavy atom. The molecule has 1 aliphatic heterocycles. The minimum atomic E-state index is -0.535. The number of hydrogen-bond acceptors (Lipinski definition) is 4. The molecule has 0 radical (unpaired) electrons. The fraction of sp³-hybridized carbons (Fsp3) is 0.385. The number of aromatic amines is 1. The Labute approximate surface area is 193 Å². The van der Waals surface area contributed by atoms with Crippen LogP contribution in [-0.2, 0) is 6.54 Å². The summed E-state index contributed by atoms with van der Waals surface area (Å²) in [5, 5.41) is 0. The fourth-order valence-corrected chi connectivity index (χ4v) is 3.66. The molecule has 172 valence electrons. The second-order valence-corrected chi connectivity index (χ2v) is 8.01. The number of carbonyl (C=O) groups excluding carboxylic acids is 2. The zero-order valence-electron chi connectivity index (χ0n) is 18.9. The van der Waals surface area contributed by atoms with Gasteiger partial charge >= 0.3 is 5.69 Å². The standard InChI is InChI=1S/C26H29N3O4/c1-2-3-4-5-6-7-8-9-14-20-19-28(26(33)27-23(20)30)17-12-13-18-29-24(31)21-15-10-11-16-22(21)25(29)32/h10-13,15-16,19H,2-8,17-18H2,1H3,(H,27,30,33)/b13-12+. The Bertz CT molecular complexity index is 1180. The van der Waals surface area contributed by atoms with Crippen LogP contribution in [0, 0.1) is 11.8 Å². The minimum Gasteiger partial charge on any atom is -0.296 e. The predicted molar refractivity (Wildman–Crippen MR) is 127 cm³/mol. The van der Waals surface area contributed by atoms with Crippen LogP contribution >= 0.6 is 0 Å². The Morgan fingerprint density at radius 2 is 1.52 bits per heavy atom. The number of amides is 2. The van der Waals surface area contributed by atoms with Gasteiger partial charge in [-0.15, -0.1) is 0 Å². The first-order valence-electron chi connectivity index (χ1n) is 11.5. The number of nitrogens with zero attached hydrogens (tertiary/aromatic N) is 2. The molecule has 0 atom stereocenters. The molecule has 1 aromatic heterocycles. The molecule has 1 aliphatic rings. The minimum absolute atomic E-state index is 0.107. The lowest BCUT2D eigenvalue weighted by atomic mass is 10.1. The van der Waals surface area contributed by atoms with Crippen LogP contribution in [-0.4, -0.2) is 32.8 Å². The number of aromatic nitrogens is 2. The van der Waals surface area contributed by atoms with E-state index in [9.17, 15) is 19.2 Å². The monoisotopic (exact) mass is 447 g/mol. The van der Waals surface area contributed by atoms with Crippen molar-refractivity contribution in [2.24, 2.45) is 0 Å². The number of allylic oxidation sites excluding steroid dienone is 1. The van der Waals surface area contributed by atoms with Crippen molar-refractivity contribution in [1.29, 1.82) is 0 Å². The number of rotatable bonds is 10. The summed E-state index contributed by atoms with van der Waals surface area (Å²) in [5.74, 6) is 5.22. The lowest BCUT2D eigenvalue weighted by Crippen LogP contribution is -2.31. The van der Waals surface area contributed by atoms with Crippen LogP contribution in [0.5, 0.6) is 0 Å². The molecular formula is C26H29N3O4. The van der Waals surface area contributed by atoms with Crippen molar-refractivity contribution in [3.05, 3.63) is 80.1 Å². The van der Waals surface area contributed by atoms with E-state index in [1.54, 1.807) is 36.4 Å². The third-order valence-electron chi connectivity index (χ3n) is 5.52. The van der Waals surface area contributed by atoms with Gasteiger partial charge in [0.1, 0.15) is 5.56 Å². The van der Waals surface area contributed by atoms with Crippen molar-refractivity contribution in [1.82, 2.24) is 14.5 Å². The van der Waals surface area contributed by atoms with E-state index in [1.165, 1.54) is 36.4 Å². The van der Waals surface area contributed by atoms with Crippen molar-refractivity contribution in [3.63, 3.8) is 0 Å². The molecule has 2 heterocycles. The summed E-state index contributed by atoms with van der Waals surface area (Å²) >= 11 is 0. The van der Waals surface area contributed by atoms with Crippen LogP contribution in [0.3, 0.4) is 0 Å². The van der Waals surface area contributed by atoms with Gasteiger partial charge in [-0.3, -0.25) is 28.8 Å². The topological polar surface area (TPSA) is 92.2 Å². The molecule has 2 amide bonds. The number of unbranched alkanes of at least 4 members (excludes halogenated alkanes) is 6. The van der Waals surface area contributed by atoms with Crippen LogP contribution in [0.25, 0.3) is 0 Å². The number of carbonyl (C=O) groups is 2. The second kappa shape index (κ2) is 11.8. The number of benzene rings is 1. The summed E-state index contributed by atoms with van der Waals surface area (Å²) in [5.41, 5.74) is 0.0109. The molecule has 0 saturated heterocycles. The van der Waals surface area contributed by atoms with E-state index in [0.717, 1.165) is 17.7 Å². The second-order valence-electron chi connectivity index (χ2n) is 8.01. The molecule has 1 N–H and O–H groups in total. The van der Waals surface area contributed by atoms with Gasteiger partial charge in [0, 0.05) is 25.7 Å². The first kappa shape index (κ1) is 24.0. The van der Waals surface area contributed by atoms with E-state index < -0.39 is 11.2 Å². The van der Waals surface area contributed by atoms with E-state index in [4.69, 9.17) is 0 Å². The third-order valence-corrected chi connectivity index (χ3v) is 5.52. The van der Waals surface area contributed by atoms with Gasteiger partial charge in [-0.05, 0) is 18.6 Å². The summed E-state index contributed by atoms with van der Waals surface area (Å²) in [6.45, 7) is 2.48. The zero-order valence-corrected chi connectivity index (χ0v) is 18.9. The van der Waals surface area contributed by atoms with E-state index in [2.05, 4.69) is 23.7 Å². The molecule has 0 bridgehead atoms. The van der Waals surface area contributed by atoms with Crippen LogP contribution in [0.2, 0.25) is 0 Å². The summed E-state index contributed by atoms with van der Waals surface area (Å²) in [6.07, 6.45) is 12.5. The van der Waals surface area contributed by atoms with E-state index >= 15 is 0 Å². The van der Waals surface area contributed by atoms with Gasteiger partial charge in [0.15, 0.2) is 0 Å². The molecule has 0 aliphatic carbocycles. The van der Waals surface area contributed by atoms with Crippen molar-refractivity contribution < 1.29 is 9.59 Å². The summed E-state index contributed by atoms with van der Waals surface area (Å²) in [7, 11) is 0. The first-order chi connectivity index (χ1) is 16.0. The molecule has 33 heavy (non-hydrogen) atoms. The zero-order chi connectivity index (χ0) is 23.6. The maximum absolute atomic E-state index is 12.4. The summed E-state index contributed by atoms with van der Waals surface area (Å²) in [6, 6.07) is 6.71. The Balaban J connectivity index is 1.55. The van der Waals surface area contributed by atoms with E-state index in [-0.39, 0.29) is 30.5 Å². The maximum Gasteiger partial charge on any atom is 0.328 e. The maximum atomic E-state index is 12.4. The van der Waals surface area contributed by atoms with Gasteiger partial charge in [-0.25, -0.2) is 4.79 Å². The van der Waals surface area contributed by atoms with Gasteiger partial charge in [0.2, 0.25) is 0 Å². The summed E-state index contributed by atoms with van der Waals surface area (Å²) < 4.78 is 1.34. The van der Waals surface area contributed by atoms with Crippen molar-refractivity contribution in [2.45, 2.75) is 58.4 Å². The highest BCUT2D eigenvalue weighted by molar-refractivity contribution is 6.21. The van der Waals surface area contributed by atoms with Crippen molar-refractivity contribution >= 4 is 11.8 Å². The molecule has 0 unspecified atom stereocenters. The average Bonchev–Trinajstić information content (AvgIpc) is 3.05. The Morgan fingerprint density at radius 1 is 0.879 bits per heavy atom. The lowest BCUT2D eigenvalue weighted by Gasteiger charge is -2.10.